The molecule has 0 fully saturated rings. The molecule has 2 unspecified atom stereocenters. The van der Waals surface area contributed by atoms with E-state index in [0.717, 1.165) is 13.1 Å². The van der Waals surface area contributed by atoms with Gasteiger partial charge in [0.15, 0.2) is 0 Å². The largest absolute Gasteiger partial charge is 0.338 e. The molecule has 0 bridgehead atoms. The van der Waals surface area contributed by atoms with Crippen molar-refractivity contribution in [2.45, 2.75) is 26.8 Å². The topological polar surface area (TPSA) is 32.3 Å². The van der Waals surface area contributed by atoms with E-state index in [1.807, 2.05) is 30.3 Å². The molecule has 2 atom stereocenters. The number of amides is 1. The molecule has 0 aliphatic rings. The van der Waals surface area contributed by atoms with E-state index in [4.69, 9.17) is 0 Å². The summed E-state index contributed by atoms with van der Waals surface area (Å²) in [5.41, 5.74) is 0. The van der Waals surface area contributed by atoms with Crippen LogP contribution in [-0.4, -0.2) is 30.9 Å². The highest BCUT2D eigenvalue weighted by molar-refractivity contribution is 7.10. The molecule has 1 heterocycles. The van der Waals surface area contributed by atoms with Gasteiger partial charge in [-0.2, -0.15) is 0 Å². The highest BCUT2D eigenvalue weighted by atomic mass is 32.1. The van der Waals surface area contributed by atoms with Crippen LogP contribution in [-0.2, 0) is 4.79 Å². The Morgan fingerprint density at radius 3 is 2.76 bits per heavy atom. The molecule has 1 amide bonds. The van der Waals surface area contributed by atoms with Crippen molar-refractivity contribution in [3.05, 3.63) is 22.4 Å². The van der Waals surface area contributed by atoms with Crippen LogP contribution < -0.4 is 5.32 Å². The summed E-state index contributed by atoms with van der Waals surface area (Å²) in [4.78, 5) is 15.3. The number of nitrogens with one attached hydrogen (secondary N) is 1. The maximum atomic E-state index is 12.2. The van der Waals surface area contributed by atoms with Gasteiger partial charge in [0, 0.05) is 24.4 Å². The molecule has 3 nitrogen and oxygen atoms in total. The average Bonchev–Trinajstić information content (AvgIpc) is 2.86. The number of thiophene rings is 1. The Bertz CT molecular complexity index is 337. The third kappa shape index (κ3) is 3.82. The van der Waals surface area contributed by atoms with Crippen molar-refractivity contribution in [3.63, 3.8) is 0 Å². The first-order valence-corrected chi connectivity index (χ1v) is 6.96. The third-order valence-electron chi connectivity index (χ3n) is 3.01. The van der Waals surface area contributed by atoms with E-state index in [0.29, 0.717) is 0 Å². The molecule has 0 aromatic carbocycles. The average molecular weight is 254 g/mol. The predicted molar refractivity (Wildman–Crippen MR) is 73.2 cm³/mol. The van der Waals surface area contributed by atoms with E-state index in [2.05, 4.69) is 25.2 Å². The summed E-state index contributed by atoms with van der Waals surface area (Å²) < 4.78 is 0. The lowest BCUT2D eigenvalue weighted by Gasteiger charge is -2.27. The maximum Gasteiger partial charge on any atom is 0.226 e. The van der Waals surface area contributed by atoms with Crippen molar-refractivity contribution in [2.75, 3.05) is 20.1 Å². The van der Waals surface area contributed by atoms with Crippen molar-refractivity contribution in [3.8, 4) is 0 Å². The quantitative estimate of drug-likeness (QED) is 0.846. The Hall–Kier alpha value is -0.870. The Balaban J connectivity index is 2.57. The van der Waals surface area contributed by atoms with Crippen molar-refractivity contribution < 1.29 is 4.79 Å². The highest BCUT2D eigenvalue weighted by Crippen LogP contribution is 2.24. The second-order valence-electron chi connectivity index (χ2n) is 4.35. The summed E-state index contributed by atoms with van der Waals surface area (Å²) in [5.74, 6) is 0.231. The van der Waals surface area contributed by atoms with Gasteiger partial charge in [0.25, 0.3) is 0 Å². The lowest BCUT2D eigenvalue weighted by Crippen LogP contribution is -2.37. The summed E-state index contributed by atoms with van der Waals surface area (Å²) in [5, 5.41) is 5.26. The number of hydrogen-bond acceptors (Lipinski definition) is 3. The minimum atomic E-state index is 0.0300. The molecule has 17 heavy (non-hydrogen) atoms. The molecular weight excluding hydrogens is 232 g/mol. The number of carbonyl (C=O) groups excluding carboxylic acids is 1. The van der Waals surface area contributed by atoms with E-state index >= 15 is 0 Å². The second-order valence-corrected chi connectivity index (χ2v) is 5.33. The molecule has 4 heteroatoms. The van der Waals surface area contributed by atoms with Gasteiger partial charge in [0.05, 0.1) is 6.04 Å². The fraction of sp³-hybridized carbons (Fsp3) is 0.615. The minimum Gasteiger partial charge on any atom is -0.338 e. The molecule has 0 spiro atoms. The monoisotopic (exact) mass is 254 g/mol. The Labute approximate surface area is 108 Å². The standard InChI is InChI=1S/C13H22N2OS/c1-5-14-9-10(2)13(16)15(4)11(3)12-7-6-8-17-12/h6-8,10-11,14H,5,9H2,1-4H3. The molecule has 1 aromatic heterocycles. The fourth-order valence-corrected chi connectivity index (χ4v) is 2.53. The normalized spacial score (nSPS) is 14.4. The van der Waals surface area contributed by atoms with Crippen LogP contribution in [0.5, 0.6) is 0 Å². The van der Waals surface area contributed by atoms with Crippen LogP contribution in [0.15, 0.2) is 17.5 Å². The zero-order valence-electron chi connectivity index (χ0n) is 11.1. The van der Waals surface area contributed by atoms with Crippen molar-refractivity contribution in [2.24, 2.45) is 5.92 Å². The lowest BCUT2D eigenvalue weighted by atomic mass is 10.1. The lowest BCUT2D eigenvalue weighted by molar-refractivity contribution is -0.135. The summed E-state index contributed by atoms with van der Waals surface area (Å²) in [6.45, 7) is 7.75. The molecule has 0 aliphatic heterocycles. The third-order valence-corrected chi connectivity index (χ3v) is 4.05. The van der Waals surface area contributed by atoms with Gasteiger partial charge in [-0.15, -0.1) is 11.3 Å². The number of nitrogens with zero attached hydrogens (tertiary/aromatic N) is 1. The molecule has 96 valence electrons. The van der Waals surface area contributed by atoms with E-state index in [9.17, 15) is 4.79 Å². The first-order valence-electron chi connectivity index (χ1n) is 6.08. The van der Waals surface area contributed by atoms with Crippen molar-refractivity contribution in [1.29, 1.82) is 0 Å². The summed E-state index contributed by atoms with van der Waals surface area (Å²) in [6.07, 6.45) is 0. The van der Waals surface area contributed by atoms with Crippen LogP contribution >= 0.6 is 11.3 Å². The van der Waals surface area contributed by atoms with Gasteiger partial charge >= 0.3 is 0 Å². The predicted octanol–water partition coefficient (Wildman–Crippen LogP) is 2.51. The van der Waals surface area contributed by atoms with Gasteiger partial charge in [-0.1, -0.05) is 19.9 Å². The molecule has 0 saturated carbocycles. The number of carbonyl (C=O) groups is 1. The Morgan fingerprint density at radius 2 is 2.24 bits per heavy atom. The first kappa shape index (κ1) is 14.2. The van der Waals surface area contributed by atoms with Gasteiger partial charge < -0.3 is 10.2 Å². The second kappa shape index (κ2) is 6.77. The van der Waals surface area contributed by atoms with Gasteiger partial charge in [0.2, 0.25) is 5.91 Å². The Kier molecular flexibility index (Phi) is 5.65. The Morgan fingerprint density at radius 1 is 1.53 bits per heavy atom. The highest BCUT2D eigenvalue weighted by Gasteiger charge is 2.22. The van der Waals surface area contributed by atoms with Crippen LogP contribution in [0, 0.1) is 5.92 Å². The summed E-state index contributed by atoms with van der Waals surface area (Å²) >= 11 is 1.70. The van der Waals surface area contributed by atoms with E-state index in [1.54, 1.807) is 11.3 Å². The van der Waals surface area contributed by atoms with Gasteiger partial charge in [-0.3, -0.25) is 4.79 Å². The fourth-order valence-electron chi connectivity index (χ4n) is 1.71. The van der Waals surface area contributed by atoms with Crippen LogP contribution in [0.25, 0.3) is 0 Å². The van der Waals surface area contributed by atoms with E-state index in [1.165, 1.54) is 4.88 Å². The zero-order valence-corrected chi connectivity index (χ0v) is 11.9. The van der Waals surface area contributed by atoms with Crippen LogP contribution in [0.1, 0.15) is 31.7 Å². The van der Waals surface area contributed by atoms with Crippen molar-refractivity contribution >= 4 is 17.2 Å². The van der Waals surface area contributed by atoms with Crippen molar-refractivity contribution in [1.82, 2.24) is 10.2 Å². The first-order chi connectivity index (χ1) is 8.07. The van der Waals surface area contributed by atoms with E-state index < -0.39 is 0 Å². The number of rotatable bonds is 6. The molecule has 1 rings (SSSR count). The van der Waals surface area contributed by atoms with Crippen LogP contribution in [0.4, 0.5) is 0 Å². The minimum absolute atomic E-state index is 0.0300. The molecule has 0 radical (unpaired) electrons. The SMILES string of the molecule is CCNCC(C)C(=O)N(C)C(C)c1cccs1. The number of hydrogen-bond donors (Lipinski definition) is 1. The van der Waals surface area contributed by atoms with Gasteiger partial charge in [-0.25, -0.2) is 0 Å². The molecule has 0 aliphatic carbocycles. The van der Waals surface area contributed by atoms with Crippen LogP contribution in [0.3, 0.4) is 0 Å². The molecule has 0 saturated heterocycles. The smallest absolute Gasteiger partial charge is 0.226 e. The zero-order chi connectivity index (χ0) is 12.8. The van der Waals surface area contributed by atoms with Gasteiger partial charge in [0.1, 0.15) is 0 Å². The molecule has 1 N–H and O–H groups in total. The molecular formula is C13H22N2OS. The molecule has 1 aromatic rings. The maximum absolute atomic E-state index is 12.2. The van der Waals surface area contributed by atoms with Gasteiger partial charge in [-0.05, 0) is 24.9 Å². The van der Waals surface area contributed by atoms with E-state index in [-0.39, 0.29) is 17.9 Å². The summed E-state index contributed by atoms with van der Waals surface area (Å²) in [7, 11) is 1.88. The summed E-state index contributed by atoms with van der Waals surface area (Å²) in [6, 6.07) is 4.26. The van der Waals surface area contributed by atoms with Crippen LogP contribution in [0.2, 0.25) is 0 Å².